The summed E-state index contributed by atoms with van der Waals surface area (Å²) in [6.07, 6.45) is 1.93. The quantitative estimate of drug-likeness (QED) is 0.805. The first-order chi connectivity index (χ1) is 6.15. The van der Waals surface area contributed by atoms with Gasteiger partial charge in [0.15, 0.2) is 0 Å². The molecule has 13 heavy (non-hydrogen) atoms. The summed E-state index contributed by atoms with van der Waals surface area (Å²) >= 11 is 11.8. The van der Waals surface area contributed by atoms with E-state index in [-0.39, 0.29) is 0 Å². The molecule has 0 saturated heterocycles. The van der Waals surface area contributed by atoms with Crippen LogP contribution in [0, 0.1) is 0 Å². The summed E-state index contributed by atoms with van der Waals surface area (Å²) in [5.41, 5.74) is 7.46. The molecule has 1 nitrogen and oxygen atoms in total. The average Bonchev–Trinajstić information content (AvgIpc) is 2.04. The minimum atomic E-state index is 0.519. The molecule has 0 radical (unpaired) electrons. The highest BCUT2D eigenvalue weighted by atomic mass is 35.5. The Bertz CT molecular complexity index is 332. The Labute approximate surface area is 88.1 Å². The van der Waals surface area contributed by atoms with E-state index in [2.05, 4.69) is 0 Å². The van der Waals surface area contributed by atoms with E-state index in [0.29, 0.717) is 16.6 Å². The molecule has 0 unspecified atom stereocenters. The minimum Gasteiger partial charge on any atom is -0.327 e. The van der Waals surface area contributed by atoms with Crippen LogP contribution in [0.2, 0.25) is 10.0 Å². The Morgan fingerprint density at radius 2 is 2.15 bits per heavy atom. The van der Waals surface area contributed by atoms with Crippen LogP contribution in [0.15, 0.2) is 24.3 Å². The molecule has 0 aliphatic carbocycles. The lowest BCUT2D eigenvalue weighted by Gasteiger charge is -2.04. The van der Waals surface area contributed by atoms with Crippen molar-refractivity contribution in [2.75, 3.05) is 6.54 Å². The van der Waals surface area contributed by atoms with Crippen molar-refractivity contribution in [1.29, 1.82) is 0 Å². The maximum absolute atomic E-state index is 5.99. The third-order valence-corrected chi connectivity index (χ3v) is 2.33. The van der Waals surface area contributed by atoms with Gasteiger partial charge in [0.05, 0.1) is 0 Å². The monoisotopic (exact) mass is 215 g/mol. The van der Waals surface area contributed by atoms with Crippen LogP contribution >= 0.6 is 23.2 Å². The molecule has 0 amide bonds. The van der Waals surface area contributed by atoms with Crippen LogP contribution in [-0.4, -0.2) is 6.54 Å². The Balaban J connectivity index is 3.09. The molecule has 0 atom stereocenters. The van der Waals surface area contributed by atoms with Gasteiger partial charge in [-0.25, -0.2) is 0 Å². The number of allylic oxidation sites excluding steroid dienone is 1. The third-order valence-electron chi connectivity index (χ3n) is 1.78. The normalized spacial score (nSPS) is 11.8. The highest BCUT2D eigenvalue weighted by molar-refractivity contribution is 6.35. The molecular weight excluding hydrogens is 205 g/mol. The standard InChI is InChI=1S/C10H11Cl2N/c1-7(4-5-13)9-3-2-8(11)6-10(9)12/h2-4,6H,5,13H2,1H3. The summed E-state index contributed by atoms with van der Waals surface area (Å²) in [6, 6.07) is 5.44. The zero-order valence-corrected chi connectivity index (χ0v) is 8.86. The second-order valence-electron chi connectivity index (χ2n) is 2.75. The lowest BCUT2D eigenvalue weighted by molar-refractivity contribution is 1.25. The molecule has 0 bridgehead atoms. The molecule has 0 fully saturated rings. The molecular formula is C10H11Cl2N. The van der Waals surface area contributed by atoms with Crippen molar-refractivity contribution in [2.45, 2.75) is 6.92 Å². The van der Waals surface area contributed by atoms with Gasteiger partial charge in [-0.2, -0.15) is 0 Å². The van der Waals surface area contributed by atoms with Gasteiger partial charge in [0, 0.05) is 16.6 Å². The van der Waals surface area contributed by atoms with Gasteiger partial charge in [0.25, 0.3) is 0 Å². The minimum absolute atomic E-state index is 0.519. The third kappa shape index (κ3) is 2.73. The van der Waals surface area contributed by atoms with E-state index in [1.54, 1.807) is 6.07 Å². The predicted molar refractivity (Wildman–Crippen MR) is 59.2 cm³/mol. The van der Waals surface area contributed by atoms with Crippen LogP contribution in [-0.2, 0) is 0 Å². The molecule has 0 heterocycles. The Morgan fingerprint density at radius 1 is 1.46 bits per heavy atom. The van der Waals surface area contributed by atoms with E-state index in [0.717, 1.165) is 11.1 Å². The lowest BCUT2D eigenvalue weighted by atomic mass is 10.1. The molecule has 0 aliphatic heterocycles. The topological polar surface area (TPSA) is 26.0 Å². The number of rotatable bonds is 2. The zero-order chi connectivity index (χ0) is 9.84. The van der Waals surface area contributed by atoms with E-state index in [1.165, 1.54) is 0 Å². The highest BCUT2D eigenvalue weighted by Gasteiger charge is 2.01. The summed E-state index contributed by atoms with van der Waals surface area (Å²) < 4.78 is 0. The molecule has 2 N–H and O–H groups in total. The summed E-state index contributed by atoms with van der Waals surface area (Å²) in [5, 5.41) is 1.31. The fourth-order valence-corrected chi connectivity index (χ4v) is 1.65. The maximum atomic E-state index is 5.99. The van der Waals surface area contributed by atoms with Gasteiger partial charge in [0.1, 0.15) is 0 Å². The molecule has 3 heteroatoms. The zero-order valence-electron chi connectivity index (χ0n) is 7.35. The summed E-state index contributed by atoms with van der Waals surface area (Å²) in [5.74, 6) is 0. The fourth-order valence-electron chi connectivity index (χ4n) is 1.10. The number of hydrogen-bond acceptors (Lipinski definition) is 1. The number of nitrogens with two attached hydrogens (primary N) is 1. The largest absolute Gasteiger partial charge is 0.327 e. The Hall–Kier alpha value is -0.500. The smallest absolute Gasteiger partial charge is 0.0495 e. The van der Waals surface area contributed by atoms with Crippen molar-refractivity contribution in [2.24, 2.45) is 5.73 Å². The summed E-state index contributed by atoms with van der Waals surface area (Å²) in [4.78, 5) is 0. The van der Waals surface area contributed by atoms with Gasteiger partial charge in [-0.1, -0.05) is 35.3 Å². The van der Waals surface area contributed by atoms with Crippen molar-refractivity contribution in [1.82, 2.24) is 0 Å². The van der Waals surface area contributed by atoms with E-state index < -0.39 is 0 Å². The van der Waals surface area contributed by atoms with Crippen LogP contribution < -0.4 is 5.73 Å². The van der Waals surface area contributed by atoms with Crippen molar-refractivity contribution >= 4 is 28.8 Å². The Kier molecular flexibility index (Phi) is 3.79. The van der Waals surface area contributed by atoms with E-state index in [4.69, 9.17) is 28.9 Å². The van der Waals surface area contributed by atoms with Gasteiger partial charge in [-0.15, -0.1) is 0 Å². The van der Waals surface area contributed by atoms with Crippen LogP contribution in [0.1, 0.15) is 12.5 Å². The average molecular weight is 216 g/mol. The molecule has 1 aromatic carbocycles. The van der Waals surface area contributed by atoms with Crippen molar-refractivity contribution in [3.05, 3.63) is 39.9 Å². The van der Waals surface area contributed by atoms with Gasteiger partial charge in [-0.05, 0) is 30.2 Å². The molecule has 1 aromatic rings. The molecule has 0 aliphatic rings. The van der Waals surface area contributed by atoms with Crippen molar-refractivity contribution in [3.8, 4) is 0 Å². The first-order valence-electron chi connectivity index (χ1n) is 3.97. The van der Waals surface area contributed by atoms with Crippen LogP contribution in [0.5, 0.6) is 0 Å². The van der Waals surface area contributed by atoms with Crippen molar-refractivity contribution in [3.63, 3.8) is 0 Å². The van der Waals surface area contributed by atoms with Crippen LogP contribution in [0.25, 0.3) is 5.57 Å². The highest BCUT2D eigenvalue weighted by Crippen LogP contribution is 2.26. The first kappa shape index (κ1) is 10.6. The lowest BCUT2D eigenvalue weighted by Crippen LogP contribution is -1.94. The summed E-state index contributed by atoms with van der Waals surface area (Å²) in [6.45, 7) is 2.49. The second kappa shape index (κ2) is 4.66. The first-order valence-corrected chi connectivity index (χ1v) is 4.73. The van der Waals surface area contributed by atoms with Gasteiger partial charge in [0.2, 0.25) is 0 Å². The SMILES string of the molecule is CC(=CCN)c1ccc(Cl)cc1Cl. The van der Waals surface area contributed by atoms with Crippen LogP contribution in [0.3, 0.4) is 0 Å². The molecule has 0 spiro atoms. The van der Waals surface area contributed by atoms with E-state index in [9.17, 15) is 0 Å². The molecule has 1 rings (SSSR count). The summed E-state index contributed by atoms with van der Waals surface area (Å²) in [7, 11) is 0. The van der Waals surface area contributed by atoms with Crippen molar-refractivity contribution < 1.29 is 0 Å². The number of halogens is 2. The van der Waals surface area contributed by atoms with Gasteiger partial charge >= 0.3 is 0 Å². The second-order valence-corrected chi connectivity index (χ2v) is 3.59. The Morgan fingerprint density at radius 3 is 2.69 bits per heavy atom. The fraction of sp³-hybridized carbons (Fsp3) is 0.200. The predicted octanol–water partition coefficient (Wildman–Crippen LogP) is 3.36. The number of hydrogen-bond donors (Lipinski definition) is 1. The molecule has 70 valence electrons. The van der Waals surface area contributed by atoms with Gasteiger partial charge < -0.3 is 5.73 Å². The van der Waals surface area contributed by atoms with Crippen LogP contribution in [0.4, 0.5) is 0 Å². The maximum Gasteiger partial charge on any atom is 0.0495 e. The molecule has 0 saturated carbocycles. The number of benzene rings is 1. The van der Waals surface area contributed by atoms with Gasteiger partial charge in [-0.3, -0.25) is 0 Å². The van der Waals surface area contributed by atoms with E-state index >= 15 is 0 Å². The molecule has 0 aromatic heterocycles. The van der Waals surface area contributed by atoms with E-state index in [1.807, 2.05) is 25.1 Å².